The van der Waals surface area contributed by atoms with Gasteiger partial charge in [-0.15, -0.1) is 0 Å². The molecule has 0 radical (unpaired) electrons. The molecule has 1 rings (SSSR count). The van der Waals surface area contributed by atoms with E-state index in [-0.39, 0.29) is 0 Å². The Kier molecular flexibility index (Phi) is 4.16. The summed E-state index contributed by atoms with van der Waals surface area (Å²) in [4.78, 5) is 2.37. The van der Waals surface area contributed by atoms with Gasteiger partial charge < -0.3 is 14.7 Å². The molecule has 0 bridgehead atoms. The van der Waals surface area contributed by atoms with Crippen LogP contribution in [0.2, 0.25) is 0 Å². The molecule has 0 amide bonds. The smallest absolute Gasteiger partial charge is 0.0632 e. The molecule has 0 spiro atoms. The summed E-state index contributed by atoms with van der Waals surface area (Å²) >= 11 is 0. The monoisotopic (exact) mass is 187 g/mol. The summed E-state index contributed by atoms with van der Waals surface area (Å²) in [7, 11) is 1.73. The molecular weight excluding hydrogens is 166 g/mol. The van der Waals surface area contributed by atoms with Crippen LogP contribution >= 0.6 is 0 Å². The second-order valence-corrected chi connectivity index (χ2v) is 4.18. The molecule has 0 aliphatic carbocycles. The Hall–Kier alpha value is -0.120. The third kappa shape index (κ3) is 4.07. The molecule has 0 aromatic rings. The van der Waals surface area contributed by atoms with Gasteiger partial charge in [-0.3, -0.25) is 0 Å². The first-order chi connectivity index (χ1) is 6.14. The number of aliphatic hydroxyl groups is 1. The van der Waals surface area contributed by atoms with Crippen LogP contribution < -0.4 is 0 Å². The van der Waals surface area contributed by atoms with Gasteiger partial charge >= 0.3 is 0 Å². The van der Waals surface area contributed by atoms with Crippen molar-refractivity contribution in [1.29, 1.82) is 0 Å². The molecule has 1 N–H and O–H groups in total. The summed E-state index contributed by atoms with van der Waals surface area (Å²) in [5.74, 6) is 0. The average molecular weight is 187 g/mol. The highest BCUT2D eigenvalue weighted by Crippen LogP contribution is 2.20. The molecule has 1 atom stereocenters. The predicted octanol–water partition coefficient (Wildman–Crippen LogP) is 0.870. The zero-order valence-corrected chi connectivity index (χ0v) is 8.75. The van der Waals surface area contributed by atoms with E-state index >= 15 is 0 Å². The maximum absolute atomic E-state index is 9.84. The van der Waals surface area contributed by atoms with Crippen LogP contribution in [0, 0.1) is 0 Å². The van der Waals surface area contributed by atoms with Crippen molar-refractivity contribution in [1.82, 2.24) is 4.90 Å². The second-order valence-electron chi connectivity index (χ2n) is 4.18. The third-order valence-corrected chi connectivity index (χ3v) is 2.77. The van der Waals surface area contributed by atoms with Crippen LogP contribution in [0.5, 0.6) is 0 Å². The van der Waals surface area contributed by atoms with Crippen LogP contribution in [0.3, 0.4) is 0 Å². The minimum absolute atomic E-state index is 0.443. The largest absolute Gasteiger partial charge is 0.390 e. The molecule has 1 heterocycles. The highest BCUT2D eigenvalue weighted by molar-refractivity contribution is 4.78. The normalized spacial score (nSPS) is 31.6. The van der Waals surface area contributed by atoms with Crippen molar-refractivity contribution in [3.8, 4) is 0 Å². The second kappa shape index (κ2) is 4.94. The Balaban J connectivity index is 2.28. The molecule has 1 fully saturated rings. The molecule has 1 aliphatic heterocycles. The van der Waals surface area contributed by atoms with Crippen LogP contribution in [0.1, 0.15) is 26.2 Å². The van der Waals surface area contributed by atoms with Gasteiger partial charge in [0.15, 0.2) is 0 Å². The summed E-state index contributed by atoms with van der Waals surface area (Å²) < 4.78 is 5.03. The number of likely N-dealkylation sites (tertiary alicyclic amines) is 1. The van der Waals surface area contributed by atoms with Gasteiger partial charge in [0.25, 0.3) is 0 Å². The fourth-order valence-corrected chi connectivity index (χ4v) is 1.76. The fraction of sp³-hybridized carbons (Fsp3) is 1.00. The number of hydrogen-bond acceptors (Lipinski definition) is 3. The molecule has 13 heavy (non-hydrogen) atoms. The molecule has 78 valence electrons. The number of nitrogens with zero attached hydrogens (tertiary/aromatic N) is 1. The maximum atomic E-state index is 9.84. The van der Waals surface area contributed by atoms with Gasteiger partial charge in [-0.2, -0.15) is 0 Å². The van der Waals surface area contributed by atoms with E-state index in [4.69, 9.17) is 4.74 Å². The van der Waals surface area contributed by atoms with Crippen molar-refractivity contribution in [3.05, 3.63) is 0 Å². The van der Waals surface area contributed by atoms with E-state index < -0.39 is 5.60 Å². The molecule has 1 aliphatic rings. The lowest BCUT2D eigenvalue weighted by Crippen LogP contribution is -2.30. The Bertz CT molecular complexity index is 148. The Morgan fingerprint density at radius 3 is 2.85 bits per heavy atom. The van der Waals surface area contributed by atoms with E-state index in [9.17, 15) is 5.11 Å². The van der Waals surface area contributed by atoms with E-state index in [2.05, 4.69) is 4.90 Å². The van der Waals surface area contributed by atoms with Crippen molar-refractivity contribution in [2.45, 2.75) is 31.8 Å². The standard InChI is InChI=1S/C10H21NO2/c1-10(12)4-3-6-11(7-5-10)8-9-13-2/h12H,3-9H2,1-2H3. The van der Waals surface area contributed by atoms with Gasteiger partial charge in [0.2, 0.25) is 0 Å². The number of rotatable bonds is 3. The molecular formula is C10H21NO2. The summed E-state index contributed by atoms with van der Waals surface area (Å²) in [6.45, 7) is 5.82. The lowest BCUT2D eigenvalue weighted by Gasteiger charge is -2.21. The summed E-state index contributed by atoms with van der Waals surface area (Å²) in [5, 5.41) is 9.84. The van der Waals surface area contributed by atoms with Gasteiger partial charge in [0, 0.05) is 20.2 Å². The summed E-state index contributed by atoms with van der Waals surface area (Å²) in [6, 6.07) is 0. The van der Waals surface area contributed by atoms with Gasteiger partial charge in [0.05, 0.1) is 12.2 Å². The van der Waals surface area contributed by atoms with Crippen molar-refractivity contribution in [2.24, 2.45) is 0 Å². The van der Waals surface area contributed by atoms with E-state index in [1.807, 2.05) is 6.92 Å². The molecule has 1 saturated heterocycles. The zero-order chi connectivity index (χ0) is 9.73. The van der Waals surface area contributed by atoms with E-state index in [1.165, 1.54) is 0 Å². The highest BCUT2D eigenvalue weighted by Gasteiger charge is 2.24. The van der Waals surface area contributed by atoms with Gasteiger partial charge in [-0.1, -0.05) is 0 Å². The quantitative estimate of drug-likeness (QED) is 0.711. The Morgan fingerprint density at radius 2 is 2.15 bits per heavy atom. The van der Waals surface area contributed by atoms with Crippen molar-refractivity contribution < 1.29 is 9.84 Å². The van der Waals surface area contributed by atoms with E-state index in [0.717, 1.165) is 45.5 Å². The minimum atomic E-state index is -0.443. The summed E-state index contributed by atoms with van der Waals surface area (Å²) in [5.41, 5.74) is -0.443. The van der Waals surface area contributed by atoms with Crippen molar-refractivity contribution in [2.75, 3.05) is 33.4 Å². The topological polar surface area (TPSA) is 32.7 Å². The Labute approximate surface area is 80.7 Å². The predicted molar refractivity (Wildman–Crippen MR) is 52.8 cm³/mol. The highest BCUT2D eigenvalue weighted by atomic mass is 16.5. The molecule has 3 nitrogen and oxygen atoms in total. The minimum Gasteiger partial charge on any atom is -0.390 e. The lowest BCUT2D eigenvalue weighted by molar-refractivity contribution is 0.0437. The zero-order valence-electron chi connectivity index (χ0n) is 8.75. The molecule has 0 aromatic carbocycles. The van der Waals surface area contributed by atoms with Crippen LogP contribution in [-0.4, -0.2) is 49.0 Å². The number of hydrogen-bond donors (Lipinski definition) is 1. The first-order valence-electron chi connectivity index (χ1n) is 5.08. The Morgan fingerprint density at radius 1 is 1.38 bits per heavy atom. The van der Waals surface area contributed by atoms with Crippen molar-refractivity contribution >= 4 is 0 Å². The van der Waals surface area contributed by atoms with Gasteiger partial charge in [-0.05, 0) is 32.7 Å². The number of ether oxygens (including phenoxy) is 1. The van der Waals surface area contributed by atoms with Crippen LogP contribution in [0.4, 0.5) is 0 Å². The fourth-order valence-electron chi connectivity index (χ4n) is 1.76. The van der Waals surface area contributed by atoms with Crippen LogP contribution in [-0.2, 0) is 4.74 Å². The van der Waals surface area contributed by atoms with Gasteiger partial charge in [0.1, 0.15) is 0 Å². The SMILES string of the molecule is COCCN1CCCC(C)(O)CC1. The average Bonchev–Trinajstić information content (AvgIpc) is 2.23. The van der Waals surface area contributed by atoms with Crippen LogP contribution in [0.15, 0.2) is 0 Å². The van der Waals surface area contributed by atoms with Crippen LogP contribution in [0.25, 0.3) is 0 Å². The first kappa shape index (κ1) is 11.0. The summed E-state index contributed by atoms with van der Waals surface area (Å²) in [6.07, 6.45) is 2.91. The first-order valence-corrected chi connectivity index (χ1v) is 5.08. The molecule has 0 aromatic heterocycles. The maximum Gasteiger partial charge on any atom is 0.0632 e. The lowest BCUT2D eigenvalue weighted by atomic mass is 9.98. The molecule has 1 unspecified atom stereocenters. The van der Waals surface area contributed by atoms with E-state index in [1.54, 1.807) is 7.11 Å². The van der Waals surface area contributed by atoms with E-state index in [0.29, 0.717) is 0 Å². The number of methoxy groups -OCH3 is 1. The third-order valence-electron chi connectivity index (χ3n) is 2.77. The van der Waals surface area contributed by atoms with Crippen molar-refractivity contribution in [3.63, 3.8) is 0 Å². The molecule has 3 heteroatoms. The molecule has 0 saturated carbocycles. The van der Waals surface area contributed by atoms with Gasteiger partial charge in [-0.25, -0.2) is 0 Å².